The molecule has 2 aromatic carbocycles. The summed E-state index contributed by atoms with van der Waals surface area (Å²) in [5.41, 5.74) is 3.51. The van der Waals surface area contributed by atoms with E-state index in [1.807, 2.05) is 19.1 Å². The SMILES string of the molecule is Cc1ccc(S(=O)(=O)N2CCCC2C(=O)Nc2ccc(C34CC5CC(CC(C5)C3)C4)cc2)cc1. The lowest BCUT2D eigenvalue weighted by Crippen LogP contribution is -2.48. The van der Waals surface area contributed by atoms with E-state index in [0.29, 0.717) is 24.8 Å². The van der Waals surface area contributed by atoms with E-state index < -0.39 is 16.1 Å². The quantitative estimate of drug-likeness (QED) is 0.638. The molecule has 1 N–H and O–H groups in total. The van der Waals surface area contributed by atoms with Crippen molar-refractivity contribution >= 4 is 21.6 Å². The lowest BCUT2D eigenvalue weighted by Gasteiger charge is -2.57. The first-order chi connectivity index (χ1) is 16.3. The second kappa shape index (κ2) is 8.20. The van der Waals surface area contributed by atoms with Gasteiger partial charge < -0.3 is 5.32 Å². The molecule has 1 heterocycles. The van der Waals surface area contributed by atoms with Crippen molar-refractivity contribution in [2.45, 2.75) is 74.6 Å². The number of rotatable bonds is 5. The number of sulfonamides is 1. The van der Waals surface area contributed by atoms with Crippen molar-refractivity contribution in [1.29, 1.82) is 0 Å². The maximum absolute atomic E-state index is 13.2. The van der Waals surface area contributed by atoms with Crippen LogP contribution in [0.15, 0.2) is 53.4 Å². The zero-order valence-electron chi connectivity index (χ0n) is 19.9. The number of nitrogens with zero attached hydrogens (tertiary/aromatic N) is 1. The first-order valence-corrected chi connectivity index (χ1v) is 14.3. The van der Waals surface area contributed by atoms with Crippen LogP contribution < -0.4 is 5.32 Å². The van der Waals surface area contributed by atoms with E-state index in [1.54, 1.807) is 24.3 Å². The fraction of sp³-hybridized carbons (Fsp3) is 0.536. The van der Waals surface area contributed by atoms with Gasteiger partial charge in [0, 0.05) is 12.2 Å². The summed E-state index contributed by atoms with van der Waals surface area (Å²) < 4.78 is 27.8. The summed E-state index contributed by atoms with van der Waals surface area (Å²) in [7, 11) is -3.70. The van der Waals surface area contributed by atoms with E-state index >= 15 is 0 Å². The van der Waals surface area contributed by atoms with E-state index in [4.69, 9.17) is 0 Å². The first-order valence-electron chi connectivity index (χ1n) is 12.8. The van der Waals surface area contributed by atoms with Crippen molar-refractivity contribution in [1.82, 2.24) is 4.31 Å². The molecule has 1 amide bonds. The number of amides is 1. The number of benzene rings is 2. The Kier molecular flexibility index (Phi) is 5.38. The van der Waals surface area contributed by atoms with Gasteiger partial charge in [0.1, 0.15) is 6.04 Å². The van der Waals surface area contributed by atoms with E-state index in [2.05, 4.69) is 17.4 Å². The van der Waals surface area contributed by atoms with E-state index in [9.17, 15) is 13.2 Å². The summed E-state index contributed by atoms with van der Waals surface area (Å²) in [6, 6.07) is 14.6. The summed E-state index contributed by atoms with van der Waals surface area (Å²) in [6.45, 7) is 2.30. The number of carbonyl (C=O) groups excluding carboxylic acids is 1. The van der Waals surface area contributed by atoms with Crippen LogP contribution in [0, 0.1) is 24.7 Å². The van der Waals surface area contributed by atoms with Gasteiger partial charge in [-0.05, 0) is 111 Å². The maximum atomic E-state index is 13.2. The standard InChI is InChI=1S/C28H34N2O3S/c1-19-4-10-25(11-5-19)34(32,33)30-12-2-3-26(30)27(31)29-24-8-6-23(7-9-24)28-16-20-13-21(17-28)15-22(14-20)18-28/h4-11,20-22,26H,2-3,12-18H2,1H3,(H,29,31). The molecule has 4 aliphatic carbocycles. The van der Waals surface area contributed by atoms with Gasteiger partial charge in [-0.25, -0.2) is 8.42 Å². The van der Waals surface area contributed by atoms with Crippen LogP contribution in [0.5, 0.6) is 0 Å². The predicted octanol–water partition coefficient (Wildman–Crippen LogP) is 5.25. The zero-order chi connectivity index (χ0) is 23.5. The lowest BCUT2D eigenvalue weighted by molar-refractivity contribution is -0.119. The molecule has 5 aliphatic rings. The smallest absolute Gasteiger partial charge is 0.243 e. The monoisotopic (exact) mass is 478 g/mol. The van der Waals surface area contributed by atoms with E-state index in [1.165, 1.54) is 48.4 Å². The number of hydrogen-bond acceptors (Lipinski definition) is 3. The molecule has 4 bridgehead atoms. The molecule has 0 spiro atoms. The highest BCUT2D eigenvalue weighted by molar-refractivity contribution is 7.89. The first kappa shape index (κ1) is 22.3. The Balaban J connectivity index is 1.17. The Morgan fingerprint density at radius 3 is 2.09 bits per heavy atom. The van der Waals surface area contributed by atoms with Crippen LogP contribution in [0.1, 0.15) is 62.5 Å². The van der Waals surface area contributed by atoms with Crippen molar-refractivity contribution in [3.05, 3.63) is 59.7 Å². The van der Waals surface area contributed by atoms with Crippen LogP contribution in [-0.4, -0.2) is 31.2 Å². The third-order valence-electron chi connectivity index (χ3n) is 8.94. The molecule has 34 heavy (non-hydrogen) atoms. The molecular weight excluding hydrogens is 444 g/mol. The Bertz CT molecular complexity index is 1150. The molecule has 1 unspecified atom stereocenters. The second-order valence-electron chi connectivity index (χ2n) is 11.4. The molecule has 2 aromatic rings. The Morgan fingerprint density at radius 1 is 0.912 bits per heavy atom. The lowest BCUT2D eigenvalue weighted by atomic mass is 9.48. The largest absolute Gasteiger partial charge is 0.325 e. The van der Waals surface area contributed by atoms with Crippen LogP contribution in [0.25, 0.3) is 0 Å². The summed E-state index contributed by atoms with van der Waals surface area (Å²) in [5, 5.41) is 3.00. The molecule has 1 saturated heterocycles. The zero-order valence-corrected chi connectivity index (χ0v) is 20.7. The molecule has 1 aliphatic heterocycles. The van der Waals surface area contributed by atoms with Gasteiger partial charge in [0.2, 0.25) is 15.9 Å². The number of aryl methyl sites for hydroxylation is 1. The normalized spacial score (nSPS) is 32.7. The molecule has 5 nitrogen and oxygen atoms in total. The Labute approximate surface area is 203 Å². The Morgan fingerprint density at radius 2 is 1.50 bits per heavy atom. The number of nitrogens with one attached hydrogen (secondary N) is 1. The fourth-order valence-corrected chi connectivity index (χ4v) is 9.39. The minimum absolute atomic E-state index is 0.240. The summed E-state index contributed by atoms with van der Waals surface area (Å²) >= 11 is 0. The van der Waals surface area contributed by atoms with Crippen LogP contribution in [0.3, 0.4) is 0 Å². The molecule has 6 heteroatoms. The molecule has 0 radical (unpaired) electrons. The highest BCUT2D eigenvalue weighted by Gasteiger charge is 2.51. The van der Waals surface area contributed by atoms with Gasteiger partial charge in [-0.15, -0.1) is 0 Å². The van der Waals surface area contributed by atoms with Gasteiger partial charge in [0.25, 0.3) is 0 Å². The van der Waals surface area contributed by atoms with Gasteiger partial charge in [-0.1, -0.05) is 29.8 Å². The van der Waals surface area contributed by atoms with Crippen molar-refractivity contribution in [2.24, 2.45) is 17.8 Å². The number of carbonyl (C=O) groups is 1. The minimum Gasteiger partial charge on any atom is -0.325 e. The third-order valence-corrected chi connectivity index (χ3v) is 10.9. The molecule has 7 rings (SSSR count). The van der Waals surface area contributed by atoms with E-state index in [0.717, 1.165) is 29.0 Å². The molecule has 180 valence electrons. The van der Waals surface area contributed by atoms with E-state index in [-0.39, 0.29) is 10.8 Å². The van der Waals surface area contributed by atoms with Gasteiger partial charge in [0.15, 0.2) is 0 Å². The Hall–Kier alpha value is -2.18. The average Bonchev–Trinajstić information content (AvgIpc) is 3.30. The van der Waals surface area contributed by atoms with Crippen molar-refractivity contribution in [3.8, 4) is 0 Å². The highest BCUT2D eigenvalue weighted by atomic mass is 32.2. The molecule has 0 aromatic heterocycles. The van der Waals surface area contributed by atoms with Crippen LogP contribution in [0.2, 0.25) is 0 Å². The topological polar surface area (TPSA) is 66.5 Å². The highest BCUT2D eigenvalue weighted by Crippen LogP contribution is 2.60. The van der Waals surface area contributed by atoms with Crippen LogP contribution in [-0.2, 0) is 20.2 Å². The summed E-state index contributed by atoms with van der Waals surface area (Å²) in [5.74, 6) is 2.45. The van der Waals surface area contributed by atoms with Crippen LogP contribution in [0.4, 0.5) is 5.69 Å². The van der Waals surface area contributed by atoms with Crippen molar-refractivity contribution in [2.75, 3.05) is 11.9 Å². The number of hydrogen-bond donors (Lipinski definition) is 1. The number of anilines is 1. The van der Waals surface area contributed by atoms with Crippen molar-refractivity contribution in [3.63, 3.8) is 0 Å². The van der Waals surface area contributed by atoms with Crippen LogP contribution >= 0.6 is 0 Å². The third kappa shape index (κ3) is 3.79. The second-order valence-corrected chi connectivity index (χ2v) is 13.2. The summed E-state index contributed by atoms with van der Waals surface area (Å²) in [4.78, 5) is 13.4. The van der Waals surface area contributed by atoms with Gasteiger partial charge >= 0.3 is 0 Å². The average molecular weight is 479 g/mol. The predicted molar refractivity (Wildman–Crippen MR) is 133 cm³/mol. The molecule has 4 saturated carbocycles. The minimum atomic E-state index is -3.70. The van der Waals surface area contributed by atoms with Gasteiger partial charge in [0.05, 0.1) is 4.90 Å². The molecule has 5 fully saturated rings. The maximum Gasteiger partial charge on any atom is 0.243 e. The van der Waals surface area contributed by atoms with Crippen molar-refractivity contribution < 1.29 is 13.2 Å². The molecule has 1 atom stereocenters. The fourth-order valence-electron chi connectivity index (χ4n) is 7.73. The van der Waals surface area contributed by atoms with Gasteiger partial charge in [-0.3, -0.25) is 4.79 Å². The summed E-state index contributed by atoms with van der Waals surface area (Å²) in [6.07, 6.45) is 9.47. The van der Waals surface area contributed by atoms with Gasteiger partial charge in [-0.2, -0.15) is 4.31 Å². The molecular formula is C28H34N2O3S.